The largest absolute Gasteiger partial charge is 0.279 e. The summed E-state index contributed by atoms with van der Waals surface area (Å²) in [7, 11) is 0. The van der Waals surface area contributed by atoms with E-state index in [1.165, 1.54) is 0 Å². The lowest BCUT2D eigenvalue weighted by Gasteiger charge is -1.93. The molecule has 0 bridgehead atoms. The molecule has 1 nitrogen and oxygen atoms in total. The Labute approximate surface area is 105 Å². The fourth-order valence-corrected chi connectivity index (χ4v) is 1.54. The molecule has 2 aromatic rings. The Kier molecular flexibility index (Phi) is 3.59. The molecule has 0 amide bonds. The fourth-order valence-electron chi connectivity index (χ4n) is 1.35. The predicted octanol–water partition coefficient (Wildman–Crippen LogP) is 3.57. The molecule has 0 heterocycles. The van der Waals surface area contributed by atoms with Gasteiger partial charge in [-0.1, -0.05) is 47.9 Å². The molecular formula is C15H9ClO. The van der Waals surface area contributed by atoms with E-state index in [4.69, 9.17) is 11.6 Å². The van der Waals surface area contributed by atoms with Gasteiger partial charge < -0.3 is 0 Å². The van der Waals surface area contributed by atoms with Crippen molar-refractivity contribution in [1.29, 1.82) is 0 Å². The van der Waals surface area contributed by atoms with Crippen LogP contribution in [-0.2, 0) is 0 Å². The highest BCUT2D eigenvalue weighted by molar-refractivity contribution is 6.31. The molecule has 0 fully saturated rings. The van der Waals surface area contributed by atoms with Crippen LogP contribution in [0.1, 0.15) is 15.9 Å². The second kappa shape index (κ2) is 5.34. The molecule has 0 aliphatic rings. The number of carbonyl (C=O) groups is 1. The zero-order valence-electron chi connectivity index (χ0n) is 8.98. The van der Waals surface area contributed by atoms with Crippen molar-refractivity contribution in [2.75, 3.05) is 0 Å². The van der Waals surface area contributed by atoms with Gasteiger partial charge in [0.15, 0.2) is 0 Å². The van der Waals surface area contributed by atoms with Crippen molar-refractivity contribution in [1.82, 2.24) is 0 Å². The Morgan fingerprint density at radius 1 is 1.00 bits per heavy atom. The van der Waals surface area contributed by atoms with E-state index >= 15 is 0 Å². The number of hydrogen-bond acceptors (Lipinski definition) is 1. The van der Waals surface area contributed by atoms with Crippen LogP contribution >= 0.6 is 11.6 Å². The standard InChI is InChI=1S/C15H9ClO/c16-14-8-4-7-13(11-14)15(17)10-9-12-5-2-1-3-6-12/h1-8,11H. The fraction of sp³-hybridized carbons (Fsp3) is 0. The van der Waals surface area contributed by atoms with Crippen LogP contribution in [0.3, 0.4) is 0 Å². The van der Waals surface area contributed by atoms with Gasteiger partial charge in [0.25, 0.3) is 0 Å². The smallest absolute Gasteiger partial charge is 0.236 e. The van der Waals surface area contributed by atoms with Crippen molar-refractivity contribution in [2.45, 2.75) is 0 Å². The third-order valence-electron chi connectivity index (χ3n) is 2.18. The number of carbonyl (C=O) groups excluding carboxylic acids is 1. The zero-order valence-corrected chi connectivity index (χ0v) is 9.74. The van der Waals surface area contributed by atoms with E-state index < -0.39 is 0 Å². The van der Waals surface area contributed by atoms with Gasteiger partial charge >= 0.3 is 0 Å². The summed E-state index contributed by atoms with van der Waals surface area (Å²) in [5, 5.41) is 0.539. The lowest BCUT2D eigenvalue weighted by Crippen LogP contribution is -1.94. The van der Waals surface area contributed by atoms with E-state index in [9.17, 15) is 4.79 Å². The first-order valence-electron chi connectivity index (χ1n) is 5.13. The molecule has 0 N–H and O–H groups in total. The van der Waals surface area contributed by atoms with Crippen LogP contribution in [-0.4, -0.2) is 5.78 Å². The highest BCUT2D eigenvalue weighted by Gasteiger charge is 2.01. The minimum absolute atomic E-state index is 0.226. The van der Waals surface area contributed by atoms with Gasteiger partial charge in [0.1, 0.15) is 0 Å². The molecule has 0 aliphatic heterocycles. The van der Waals surface area contributed by atoms with Crippen molar-refractivity contribution in [3.05, 3.63) is 70.7 Å². The topological polar surface area (TPSA) is 17.1 Å². The van der Waals surface area contributed by atoms with Gasteiger partial charge in [-0.2, -0.15) is 0 Å². The number of hydrogen-bond donors (Lipinski definition) is 0. The molecule has 2 rings (SSSR count). The van der Waals surface area contributed by atoms with E-state index in [1.54, 1.807) is 24.3 Å². The van der Waals surface area contributed by atoms with Crippen molar-refractivity contribution in [3.63, 3.8) is 0 Å². The van der Waals surface area contributed by atoms with Gasteiger partial charge in [0.05, 0.1) is 0 Å². The molecule has 0 radical (unpaired) electrons. The number of rotatable bonds is 1. The maximum Gasteiger partial charge on any atom is 0.236 e. The average Bonchev–Trinajstić information content (AvgIpc) is 2.37. The van der Waals surface area contributed by atoms with E-state index in [2.05, 4.69) is 11.8 Å². The lowest BCUT2D eigenvalue weighted by atomic mass is 10.1. The first-order chi connectivity index (χ1) is 8.25. The minimum Gasteiger partial charge on any atom is -0.279 e. The second-order valence-corrected chi connectivity index (χ2v) is 3.89. The molecule has 82 valence electrons. The van der Waals surface area contributed by atoms with Gasteiger partial charge in [-0.05, 0) is 30.2 Å². The highest BCUT2D eigenvalue weighted by atomic mass is 35.5. The first-order valence-corrected chi connectivity index (χ1v) is 5.50. The summed E-state index contributed by atoms with van der Waals surface area (Å²) >= 11 is 5.81. The molecule has 0 saturated carbocycles. The summed E-state index contributed by atoms with van der Waals surface area (Å²) in [6.07, 6.45) is 0. The minimum atomic E-state index is -0.226. The van der Waals surface area contributed by atoms with Gasteiger partial charge in [-0.15, -0.1) is 0 Å². The third-order valence-corrected chi connectivity index (χ3v) is 2.42. The molecule has 0 unspecified atom stereocenters. The number of ketones is 1. The molecular weight excluding hydrogens is 232 g/mol. The van der Waals surface area contributed by atoms with E-state index in [-0.39, 0.29) is 5.78 Å². The number of Topliss-reactive ketones (excluding diaryl/α,β-unsaturated/α-hetero) is 1. The van der Waals surface area contributed by atoms with Gasteiger partial charge in [0.2, 0.25) is 5.78 Å². The van der Waals surface area contributed by atoms with Crippen LogP contribution in [0.2, 0.25) is 5.02 Å². The van der Waals surface area contributed by atoms with Crippen molar-refractivity contribution >= 4 is 17.4 Å². The zero-order chi connectivity index (χ0) is 12.1. The maximum absolute atomic E-state index is 11.7. The Morgan fingerprint density at radius 3 is 2.47 bits per heavy atom. The summed E-state index contributed by atoms with van der Waals surface area (Å²) < 4.78 is 0. The Morgan fingerprint density at radius 2 is 1.76 bits per heavy atom. The second-order valence-electron chi connectivity index (χ2n) is 3.46. The molecule has 0 aliphatic carbocycles. The van der Waals surface area contributed by atoms with Crippen molar-refractivity contribution in [3.8, 4) is 11.8 Å². The Bertz CT molecular complexity index is 591. The Balaban J connectivity index is 2.21. The van der Waals surface area contributed by atoms with Gasteiger partial charge in [0, 0.05) is 16.1 Å². The van der Waals surface area contributed by atoms with Crippen LogP contribution in [0.25, 0.3) is 0 Å². The summed E-state index contributed by atoms with van der Waals surface area (Å²) in [5.41, 5.74) is 1.34. The van der Waals surface area contributed by atoms with Gasteiger partial charge in [-0.3, -0.25) is 4.79 Å². The van der Waals surface area contributed by atoms with E-state index in [0.717, 1.165) is 5.56 Å². The maximum atomic E-state index is 11.7. The molecule has 17 heavy (non-hydrogen) atoms. The SMILES string of the molecule is O=C(C#Cc1ccccc1)c1cccc(Cl)c1. The quantitative estimate of drug-likeness (QED) is 0.550. The summed E-state index contributed by atoms with van der Waals surface area (Å²) in [5.74, 6) is 5.19. The van der Waals surface area contributed by atoms with E-state index in [1.807, 2.05) is 30.3 Å². The Hall–Kier alpha value is -2.04. The van der Waals surface area contributed by atoms with Crippen LogP contribution in [0.15, 0.2) is 54.6 Å². The molecule has 0 saturated heterocycles. The van der Waals surface area contributed by atoms with Gasteiger partial charge in [-0.25, -0.2) is 0 Å². The lowest BCUT2D eigenvalue weighted by molar-refractivity contribution is 0.105. The number of benzene rings is 2. The highest BCUT2D eigenvalue weighted by Crippen LogP contribution is 2.10. The van der Waals surface area contributed by atoms with Crippen molar-refractivity contribution < 1.29 is 4.79 Å². The predicted molar refractivity (Wildman–Crippen MR) is 69.1 cm³/mol. The average molecular weight is 241 g/mol. The van der Waals surface area contributed by atoms with Crippen LogP contribution in [0.5, 0.6) is 0 Å². The van der Waals surface area contributed by atoms with E-state index in [0.29, 0.717) is 10.6 Å². The molecule has 0 atom stereocenters. The number of halogens is 1. The summed E-state index contributed by atoms with van der Waals surface area (Å²) in [6.45, 7) is 0. The molecule has 2 aromatic carbocycles. The van der Waals surface area contributed by atoms with Crippen LogP contribution in [0, 0.1) is 11.8 Å². The monoisotopic (exact) mass is 240 g/mol. The summed E-state index contributed by atoms with van der Waals surface area (Å²) in [4.78, 5) is 11.7. The molecule has 0 spiro atoms. The molecule has 0 aromatic heterocycles. The summed E-state index contributed by atoms with van der Waals surface area (Å²) in [6, 6.07) is 16.2. The molecule has 2 heteroatoms. The van der Waals surface area contributed by atoms with Crippen molar-refractivity contribution in [2.24, 2.45) is 0 Å². The van der Waals surface area contributed by atoms with Crippen LogP contribution < -0.4 is 0 Å². The third kappa shape index (κ3) is 3.21. The normalized spacial score (nSPS) is 9.24. The first kappa shape index (κ1) is 11.4. The van der Waals surface area contributed by atoms with Crippen LogP contribution in [0.4, 0.5) is 0 Å².